The van der Waals surface area contributed by atoms with Gasteiger partial charge in [0.25, 0.3) is 5.91 Å². The lowest BCUT2D eigenvalue weighted by atomic mass is 10.1. The molecule has 32 heavy (non-hydrogen) atoms. The van der Waals surface area contributed by atoms with Gasteiger partial charge in [0.15, 0.2) is 0 Å². The first-order valence-electron chi connectivity index (χ1n) is 10.3. The molecule has 2 saturated heterocycles. The van der Waals surface area contributed by atoms with Crippen LogP contribution in [0, 0.1) is 0 Å². The van der Waals surface area contributed by atoms with E-state index >= 15 is 0 Å². The Balaban J connectivity index is 1.69. The van der Waals surface area contributed by atoms with Crippen LogP contribution in [-0.2, 0) is 6.18 Å². The summed E-state index contributed by atoms with van der Waals surface area (Å²) in [6.45, 7) is 2.14. The number of alkyl halides is 3. The normalized spacial score (nSPS) is 19.6. The van der Waals surface area contributed by atoms with E-state index in [-0.39, 0.29) is 29.2 Å². The lowest BCUT2D eigenvalue weighted by Gasteiger charge is -2.39. The molecule has 0 unspecified atom stereocenters. The standard InChI is InChI=1S/C20H25F3N8O/c21-20(22,23)11-4-14(6-15(5-11)31-9-13(25)10-31)28-18-16(17(26)32)7-27-19(29-18)30-3-1-2-12(24)8-30/h4-7,12-13H,1-3,8-10,24-25H2,(H2,26,32)(H,27,28,29)/t12-/m0/s1. The molecular weight excluding hydrogens is 425 g/mol. The number of anilines is 4. The molecule has 2 aliphatic rings. The van der Waals surface area contributed by atoms with E-state index in [2.05, 4.69) is 15.3 Å². The number of primary amides is 1. The first-order valence-corrected chi connectivity index (χ1v) is 10.3. The molecule has 0 spiro atoms. The summed E-state index contributed by atoms with van der Waals surface area (Å²) in [5.74, 6) is -0.434. The van der Waals surface area contributed by atoms with Gasteiger partial charge < -0.3 is 32.3 Å². The van der Waals surface area contributed by atoms with Gasteiger partial charge in [-0.1, -0.05) is 0 Å². The highest BCUT2D eigenvalue weighted by atomic mass is 19.4. The Morgan fingerprint density at radius 3 is 2.44 bits per heavy atom. The number of hydrogen-bond acceptors (Lipinski definition) is 8. The van der Waals surface area contributed by atoms with Gasteiger partial charge in [0.1, 0.15) is 11.4 Å². The maximum atomic E-state index is 13.5. The van der Waals surface area contributed by atoms with Gasteiger partial charge in [-0.05, 0) is 31.0 Å². The van der Waals surface area contributed by atoms with Gasteiger partial charge in [0.2, 0.25) is 5.95 Å². The lowest BCUT2D eigenvalue weighted by Crippen LogP contribution is -2.55. The van der Waals surface area contributed by atoms with Gasteiger partial charge in [-0.25, -0.2) is 4.98 Å². The van der Waals surface area contributed by atoms with E-state index in [0.717, 1.165) is 25.0 Å². The van der Waals surface area contributed by atoms with E-state index in [4.69, 9.17) is 17.2 Å². The minimum Gasteiger partial charge on any atom is -0.368 e. The first kappa shape index (κ1) is 22.1. The molecule has 172 valence electrons. The molecule has 0 saturated carbocycles. The lowest BCUT2D eigenvalue weighted by molar-refractivity contribution is -0.137. The summed E-state index contributed by atoms with van der Waals surface area (Å²) in [4.78, 5) is 24.1. The van der Waals surface area contributed by atoms with Crippen LogP contribution in [0.4, 0.5) is 36.3 Å². The van der Waals surface area contributed by atoms with Crippen molar-refractivity contribution in [2.75, 3.05) is 41.3 Å². The van der Waals surface area contributed by atoms with Crippen molar-refractivity contribution in [2.45, 2.75) is 31.1 Å². The Bertz CT molecular complexity index is 1010. The van der Waals surface area contributed by atoms with Crippen molar-refractivity contribution < 1.29 is 18.0 Å². The molecule has 2 fully saturated rings. The second kappa shape index (κ2) is 8.43. The van der Waals surface area contributed by atoms with E-state index < -0.39 is 17.6 Å². The predicted octanol–water partition coefficient (Wildman–Crippen LogP) is 1.41. The van der Waals surface area contributed by atoms with Crippen LogP contribution in [0.3, 0.4) is 0 Å². The number of benzene rings is 1. The molecule has 1 aromatic carbocycles. The van der Waals surface area contributed by atoms with Crippen LogP contribution >= 0.6 is 0 Å². The Kier molecular flexibility index (Phi) is 5.82. The third-order valence-corrected chi connectivity index (χ3v) is 5.56. The molecule has 1 amide bonds. The second-order valence-electron chi connectivity index (χ2n) is 8.20. The van der Waals surface area contributed by atoms with Crippen LogP contribution in [0.5, 0.6) is 0 Å². The van der Waals surface area contributed by atoms with E-state index in [9.17, 15) is 18.0 Å². The van der Waals surface area contributed by atoms with Crippen LogP contribution in [0.1, 0.15) is 28.8 Å². The fraction of sp³-hybridized carbons (Fsp3) is 0.450. The maximum Gasteiger partial charge on any atom is 0.416 e. The van der Waals surface area contributed by atoms with E-state index in [1.54, 1.807) is 11.0 Å². The van der Waals surface area contributed by atoms with E-state index in [0.29, 0.717) is 37.8 Å². The summed E-state index contributed by atoms with van der Waals surface area (Å²) < 4.78 is 40.5. The van der Waals surface area contributed by atoms with Crippen LogP contribution in [0.2, 0.25) is 0 Å². The maximum absolute atomic E-state index is 13.5. The van der Waals surface area contributed by atoms with Crippen molar-refractivity contribution >= 4 is 29.0 Å². The van der Waals surface area contributed by atoms with Gasteiger partial charge in [0.05, 0.1) is 5.56 Å². The van der Waals surface area contributed by atoms with Crippen LogP contribution in [0.25, 0.3) is 0 Å². The number of piperidine rings is 1. The Morgan fingerprint density at radius 1 is 1.09 bits per heavy atom. The molecule has 1 atom stereocenters. The number of nitrogens with zero attached hydrogens (tertiary/aromatic N) is 4. The SMILES string of the molecule is NC(=O)c1cnc(N2CCC[C@H](N)C2)nc1Nc1cc(N2CC(N)C2)cc(C(F)(F)F)c1. The summed E-state index contributed by atoms with van der Waals surface area (Å²) in [6.07, 6.45) is -1.53. The zero-order valence-corrected chi connectivity index (χ0v) is 17.3. The summed E-state index contributed by atoms with van der Waals surface area (Å²) in [5.41, 5.74) is 16.9. The molecule has 0 bridgehead atoms. The number of carbonyl (C=O) groups excluding carboxylic acids is 1. The summed E-state index contributed by atoms with van der Waals surface area (Å²) in [7, 11) is 0. The van der Waals surface area contributed by atoms with Crippen LogP contribution in [-0.4, -0.2) is 54.1 Å². The molecule has 0 radical (unpaired) electrons. The highest BCUT2D eigenvalue weighted by molar-refractivity contribution is 5.98. The monoisotopic (exact) mass is 450 g/mol. The average Bonchev–Trinajstić information content (AvgIpc) is 2.70. The highest BCUT2D eigenvalue weighted by Crippen LogP contribution is 2.36. The summed E-state index contributed by atoms with van der Waals surface area (Å²) in [6, 6.07) is 3.49. The van der Waals surface area contributed by atoms with Crippen molar-refractivity contribution in [1.29, 1.82) is 0 Å². The highest BCUT2D eigenvalue weighted by Gasteiger charge is 2.33. The van der Waals surface area contributed by atoms with Crippen molar-refractivity contribution in [2.24, 2.45) is 17.2 Å². The molecular formula is C20H25F3N8O. The molecule has 9 nitrogen and oxygen atoms in total. The number of amides is 1. The number of nitrogens with one attached hydrogen (secondary N) is 1. The quantitative estimate of drug-likeness (QED) is 0.536. The van der Waals surface area contributed by atoms with Gasteiger partial charge in [0, 0.05) is 55.8 Å². The minimum atomic E-state index is -4.55. The zero-order valence-electron chi connectivity index (χ0n) is 17.3. The van der Waals surface area contributed by atoms with Gasteiger partial charge in [-0.15, -0.1) is 0 Å². The Morgan fingerprint density at radius 2 is 1.81 bits per heavy atom. The van der Waals surface area contributed by atoms with Crippen molar-refractivity contribution in [3.8, 4) is 0 Å². The number of rotatable bonds is 5. The number of hydrogen-bond donors (Lipinski definition) is 4. The average molecular weight is 450 g/mol. The molecule has 2 aromatic rings. The molecule has 4 rings (SSSR count). The summed E-state index contributed by atoms with van der Waals surface area (Å²) >= 11 is 0. The molecule has 1 aromatic heterocycles. The number of carbonyl (C=O) groups is 1. The van der Waals surface area contributed by atoms with Gasteiger partial charge in [-0.3, -0.25) is 4.79 Å². The van der Waals surface area contributed by atoms with E-state index in [1.165, 1.54) is 6.20 Å². The van der Waals surface area contributed by atoms with Gasteiger partial charge >= 0.3 is 6.18 Å². The third-order valence-electron chi connectivity index (χ3n) is 5.56. The largest absolute Gasteiger partial charge is 0.416 e. The number of halogens is 3. The zero-order chi connectivity index (χ0) is 23.0. The molecule has 7 N–H and O–H groups in total. The second-order valence-corrected chi connectivity index (χ2v) is 8.20. The van der Waals surface area contributed by atoms with E-state index in [1.807, 2.05) is 4.90 Å². The predicted molar refractivity (Wildman–Crippen MR) is 115 cm³/mol. The van der Waals surface area contributed by atoms with Crippen molar-refractivity contribution in [3.05, 3.63) is 35.5 Å². The number of nitrogens with two attached hydrogens (primary N) is 3. The molecule has 3 heterocycles. The molecule has 0 aliphatic carbocycles. The van der Waals surface area contributed by atoms with Gasteiger partial charge in [-0.2, -0.15) is 18.2 Å². The van der Waals surface area contributed by atoms with Crippen molar-refractivity contribution in [1.82, 2.24) is 9.97 Å². The summed E-state index contributed by atoms with van der Waals surface area (Å²) in [5, 5.41) is 2.84. The van der Waals surface area contributed by atoms with Crippen LogP contribution < -0.4 is 32.3 Å². The fourth-order valence-electron chi connectivity index (χ4n) is 3.88. The third kappa shape index (κ3) is 4.70. The van der Waals surface area contributed by atoms with Crippen LogP contribution in [0.15, 0.2) is 24.4 Å². The minimum absolute atomic E-state index is 0.0278. The first-order chi connectivity index (χ1) is 15.1. The number of aromatic nitrogens is 2. The Hall–Kier alpha value is -3.12. The molecule has 12 heteroatoms. The fourth-order valence-corrected chi connectivity index (χ4v) is 3.88. The smallest absolute Gasteiger partial charge is 0.368 e. The Labute approximate surface area is 182 Å². The van der Waals surface area contributed by atoms with Crippen molar-refractivity contribution in [3.63, 3.8) is 0 Å². The topological polar surface area (TPSA) is 139 Å². The molecule has 2 aliphatic heterocycles.